The second-order valence-electron chi connectivity index (χ2n) is 2.93. The van der Waals surface area contributed by atoms with Crippen LogP contribution in [0.4, 0.5) is 5.95 Å². The average molecular weight is 225 g/mol. The van der Waals surface area contributed by atoms with Crippen LogP contribution in [0, 0.1) is 0 Å². The summed E-state index contributed by atoms with van der Waals surface area (Å²) in [7, 11) is 0. The monoisotopic (exact) mass is 225 g/mol. The number of rotatable bonds is 5. The molecular weight excluding hydrogens is 214 g/mol. The molecule has 8 nitrogen and oxygen atoms in total. The molecule has 1 atom stereocenters. The van der Waals surface area contributed by atoms with Gasteiger partial charge >= 0.3 is 5.97 Å². The Balaban J connectivity index is 2.68. The van der Waals surface area contributed by atoms with Crippen LogP contribution in [0.25, 0.3) is 0 Å². The third-order valence-corrected chi connectivity index (χ3v) is 1.72. The Hall–Kier alpha value is -2.38. The van der Waals surface area contributed by atoms with Gasteiger partial charge in [-0.1, -0.05) is 6.08 Å². The fourth-order valence-corrected chi connectivity index (χ4v) is 0.991. The molecule has 16 heavy (non-hydrogen) atoms. The van der Waals surface area contributed by atoms with Crippen molar-refractivity contribution in [2.75, 3.05) is 5.73 Å². The molecule has 0 spiro atoms. The maximum absolute atomic E-state index is 11.4. The van der Waals surface area contributed by atoms with E-state index in [0.29, 0.717) is 0 Å². The number of carboxylic acid groups (broad SMARTS) is 1. The number of hydrogen-bond acceptors (Lipinski definition) is 5. The molecule has 0 aromatic carbocycles. The van der Waals surface area contributed by atoms with E-state index in [1.807, 2.05) is 0 Å². The van der Waals surface area contributed by atoms with Gasteiger partial charge in [0.25, 0.3) is 5.91 Å². The number of aromatic amines is 1. The highest BCUT2D eigenvalue weighted by Crippen LogP contribution is 1.97. The summed E-state index contributed by atoms with van der Waals surface area (Å²) < 4.78 is 0. The number of carbonyl (C=O) groups is 2. The molecule has 0 saturated carbocycles. The molecule has 1 amide bonds. The first kappa shape index (κ1) is 11.7. The van der Waals surface area contributed by atoms with E-state index in [1.54, 1.807) is 0 Å². The average Bonchev–Trinajstić information content (AvgIpc) is 2.64. The molecule has 5 N–H and O–H groups in total. The lowest BCUT2D eigenvalue weighted by Crippen LogP contribution is -2.40. The SMILES string of the molecule is C=CCC(NC(=O)c1nc(N)n[nH]1)C(=O)O. The molecule has 1 rings (SSSR count). The van der Waals surface area contributed by atoms with Gasteiger partial charge in [-0.2, -0.15) is 4.98 Å². The van der Waals surface area contributed by atoms with Crippen LogP contribution in [0.1, 0.15) is 17.0 Å². The number of nitrogens with zero attached hydrogens (tertiary/aromatic N) is 2. The van der Waals surface area contributed by atoms with Crippen molar-refractivity contribution in [2.24, 2.45) is 0 Å². The molecule has 0 aliphatic heterocycles. The first-order valence-corrected chi connectivity index (χ1v) is 4.37. The summed E-state index contributed by atoms with van der Waals surface area (Å²) in [5, 5.41) is 16.7. The van der Waals surface area contributed by atoms with E-state index in [-0.39, 0.29) is 18.2 Å². The summed E-state index contributed by atoms with van der Waals surface area (Å²) >= 11 is 0. The summed E-state index contributed by atoms with van der Waals surface area (Å²) in [6.07, 6.45) is 1.51. The van der Waals surface area contributed by atoms with Gasteiger partial charge in [0, 0.05) is 0 Å². The standard InChI is InChI=1S/C8H11N5O3/c1-2-3-4(7(15)16)10-6(14)5-11-8(9)13-12-5/h2,4H,1,3H2,(H,10,14)(H,15,16)(H3,9,11,12,13). The van der Waals surface area contributed by atoms with Crippen LogP contribution in [0.3, 0.4) is 0 Å². The Morgan fingerprint density at radius 3 is 2.81 bits per heavy atom. The van der Waals surface area contributed by atoms with Crippen LogP contribution in [0.2, 0.25) is 0 Å². The van der Waals surface area contributed by atoms with Gasteiger partial charge in [-0.3, -0.25) is 9.89 Å². The molecule has 8 heteroatoms. The number of anilines is 1. The Labute approximate surface area is 90.6 Å². The van der Waals surface area contributed by atoms with Crippen LogP contribution in [0.15, 0.2) is 12.7 Å². The number of nitrogens with one attached hydrogen (secondary N) is 2. The Bertz CT molecular complexity index is 414. The fraction of sp³-hybridized carbons (Fsp3) is 0.250. The summed E-state index contributed by atoms with van der Waals surface area (Å²) in [5.41, 5.74) is 5.20. The predicted molar refractivity (Wildman–Crippen MR) is 54.5 cm³/mol. The topological polar surface area (TPSA) is 134 Å². The van der Waals surface area contributed by atoms with Gasteiger partial charge in [0.15, 0.2) is 0 Å². The smallest absolute Gasteiger partial charge is 0.326 e. The van der Waals surface area contributed by atoms with Gasteiger partial charge in [0.1, 0.15) is 6.04 Å². The van der Waals surface area contributed by atoms with E-state index in [1.165, 1.54) is 6.08 Å². The van der Waals surface area contributed by atoms with E-state index in [0.717, 1.165) is 0 Å². The van der Waals surface area contributed by atoms with E-state index in [2.05, 4.69) is 27.1 Å². The van der Waals surface area contributed by atoms with Crippen LogP contribution < -0.4 is 11.1 Å². The van der Waals surface area contributed by atoms with E-state index in [4.69, 9.17) is 10.8 Å². The van der Waals surface area contributed by atoms with Crippen LogP contribution in [-0.2, 0) is 4.79 Å². The number of carboxylic acids is 1. The minimum atomic E-state index is -1.15. The lowest BCUT2D eigenvalue weighted by Gasteiger charge is -2.10. The molecule has 0 aliphatic rings. The second-order valence-corrected chi connectivity index (χ2v) is 2.93. The third-order valence-electron chi connectivity index (χ3n) is 1.72. The van der Waals surface area contributed by atoms with Crippen LogP contribution in [0.5, 0.6) is 0 Å². The Morgan fingerprint density at radius 1 is 1.69 bits per heavy atom. The fourth-order valence-electron chi connectivity index (χ4n) is 0.991. The number of amides is 1. The zero-order valence-electron chi connectivity index (χ0n) is 8.30. The maximum atomic E-state index is 11.4. The first-order chi connectivity index (χ1) is 7.54. The number of nitrogen functional groups attached to an aromatic ring is 1. The largest absolute Gasteiger partial charge is 0.480 e. The third kappa shape index (κ3) is 2.80. The molecule has 0 bridgehead atoms. The van der Waals surface area contributed by atoms with Gasteiger partial charge in [-0.15, -0.1) is 11.7 Å². The quantitative estimate of drug-likeness (QED) is 0.482. The van der Waals surface area contributed by atoms with Gasteiger partial charge in [-0.05, 0) is 6.42 Å². The minimum absolute atomic E-state index is 0.0826. The first-order valence-electron chi connectivity index (χ1n) is 4.37. The maximum Gasteiger partial charge on any atom is 0.326 e. The highest BCUT2D eigenvalue weighted by atomic mass is 16.4. The van der Waals surface area contributed by atoms with Gasteiger partial charge in [0.2, 0.25) is 11.8 Å². The highest BCUT2D eigenvalue weighted by Gasteiger charge is 2.20. The predicted octanol–water partition coefficient (Wildman–Crippen LogP) is -0.854. The molecule has 0 fully saturated rings. The normalized spacial score (nSPS) is 11.8. The number of aliphatic carboxylic acids is 1. The van der Waals surface area contributed by atoms with Crippen molar-refractivity contribution in [1.29, 1.82) is 0 Å². The van der Waals surface area contributed by atoms with Crippen molar-refractivity contribution in [1.82, 2.24) is 20.5 Å². The molecule has 1 unspecified atom stereocenters. The highest BCUT2D eigenvalue weighted by molar-refractivity contribution is 5.93. The van der Waals surface area contributed by atoms with Crippen molar-refractivity contribution in [3.05, 3.63) is 18.5 Å². The Morgan fingerprint density at radius 2 is 2.38 bits per heavy atom. The van der Waals surface area contributed by atoms with Crippen molar-refractivity contribution in [3.63, 3.8) is 0 Å². The van der Waals surface area contributed by atoms with E-state index >= 15 is 0 Å². The summed E-state index contributed by atoms with van der Waals surface area (Å²) in [6, 6.07) is -1.05. The van der Waals surface area contributed by atoms with Gasteiger partial charge in [0.05, 0.1) is 0 Å². The van der Waals surface area contributed by atoms with Gasteiger partial charge in [-0.25, -0.2) is 4.79 Å². The molecule has 1 aromatic heterocycles. The Kier molecular flexibility index (Phi) is 3.59. The summed E-state index contributed by atoms with van der Waals surface area (Å²) in [5.74, 6) is -2.05. The zero-order valence-corrected chi connectivity index (χ0v) is 8.30. The number of hydrogen-bond donors (Lipinski definition) is 4. The minimum Gasteiger partial charge on any atom is -0.480 e. The molecule has 0 aliphatic carbocycles. The summed E-state index contributed by atoms with van der Waals surface area (Å²) in [6.45, 7) is 3.40. The van der Waals surface area contributed by atoms with Crippen LogP contribution in [-0.4, -0.2) is 38.2 Å². The number of carbonyl (C=O) groups excluding carboxylic acids is 1. The van der Waals surface area contributed by atoms with E-state index in [9.17, 15) is 9.59 Å². The van der Waals surface area contributed by atoms with Crippen molar-refractivity contribution in [3.8, 4) is 0 Å². The number of H-pyrrole nitrogens is 1. The lowest BCUT2D eigenvalue weighted by molar-refractivity contribution is -0.139. The molecule has 0 radical (unpaired) electrons. The van der Waals surface area contributed by atoms with E-state index < -0.39 is 17.9 Å². The molecule has 1 heterocycles. The number of aromatic nitrogens is 3. The second kappa shape index (κ2) is 4.91. The molecule has 1 aromatic rings. The van der Waals surface area contributed by atoms with Gasteiger partial charge < -0.3 is 16.2 Å². The van der Waals surface area contributed by atoms with Crippen molar-refractivity contribution in [2.45, 2.75) is 12.5 Å². The molecular formula is C8H11N5O3. The van der Waals surface area contributed by atoms with Crippen molar-refractivity contribution < 1.29 is 14.7 Å². The van der Waals surface area contributed by atoms with Crippen molar-refractivity contribution >= 4 is 17.8 Å². The summed E-state index contributed by atoms with van der Waals surface area (Å²) in [4.78, 5) is 25.7. The molecule has 0 saturated heterocycles. The lowest BCUT2D eigenvalue weighted by atomic mass is 10.2. The molecule has 86 valence electrons. The number of nitrogens with two attached hydrogens (primary N) is 1. The zero-order chi connectivity index (χ0) is 12.1. The van der Waals surface area contributed by atoms with Crippen LogP contribution >= 0.6 is 0 Å².